The van der Waals surface area contributed by atoms with E-state index in [4.69, 9.17) is 23.2 Å². The Balaban J connectivity index is 1.60. The molecule has 30 heteroatoms. The van der Waals surface area contributed by atoms with Crippen LogP contribution in [-0.2, 0) is 19.7 Å². The minimum absolute atomic E-state index is 0.0877. The van der Waals surface area contributed by atoms with Crippen LogP contribution in [0.4, 0.5) is 95.6 Å². The minimum atomic E-state index is -7.16. The van der Waals surface area contributed by atoms with E-state index in [1.54, 1.807) is 0 Å². The zero-order chi connectivity index (χ0) is 46.0. The smallest absolute Gasteiger partial charge is 0.350 e. The van der Waals surface area contributed by atoms with Gasteiger partial charge in [0, 0.05) is 23.5 Å². The number of nitro benzene ring substituents is 2. The molecule has 0 aromatic heterocycles. The Bertz CT molecular complexity index is 2420. The number of rotatable bonds is 13. The molecule has 0 radical (unpaired) electrons. The second-order valence-corrected chi connectivity index (χ2v) is 16.4. The third-order valence-electron chi connectivity index (χ3n) is 7.85. The molecule has 0 amide bonds. The molecule has 4 aromatic rings. The van der Waals surface area contributed by atoms with Gasteiger partial charge in [-0.1, -0.05) is 47.5 Å². The fourth-order valence-corrected chi connectivity index (χ4v) is 8.31. The monoisotopic (exact) mass is 958 g/mol. The molecule has 0 atom stereocenters. The minimum Gasteiger partial charge on any atom is -0.350 e. The highest BCUT2D eigenvalue weighted by Gasteiger charge is 2.80. The quantitative estimate of drug-likeness (QED) is 0.0744. The first-order valence-corrected chi connectivity index (χ1v) is 18.6. The van der Waals surface area contributed by atoms with Crippen LogP contribution in [0.15, 0.2) is 82.6 Å². The first-order valence-electron chi connectivity index (χ1n) is 14.9. The molecule has 0 fully saturated rings. The van der Waals surface area contributed by atoms with Crippen LogP contribution in [-0.4, -0.2) is 61.4 Å². The summed E-state index contributed by atoms with van der Waals surface area (Å²) in [7, 11) is -14.1. The van der Waals surface area contributed by atoms with Crippen molar-refractivity contribution in [2.75, 3.05) is 10.6 Å². The zero-order valence-corrected chi connectivity index (χ0v) is 31.1. The van der Waals surface area contributed by atoms with Crippen LogP contribution in [0.1, 0.15) is 0 Å². The van der Waals surface area contributed by atoms with Crippen LogP contribution in [0.25, 0.3) is 11.1 Å². The number of benzene rings is 4. The molecular weight excluding hydrogens is 945 g/mol. The molecule has 0 bridgehead atoms. The Morgan fingerprint density at radius 2 is 0.750 bits per heavy atom. The average Bonchev–Trinajstić information content (AvgIpc) is 3.10. The third kappa shape index (κ3) is 8.03. The molecule has 0 saturated carbocycles. The zero-order valence-electron chi connectivity index (χ0n) is 28.0. The van der Waals surface area contributed by atoms with Gasteiger partial charge in [-0.25, -0.2) is 16.8 Å². The first-order chi connectivity index (χ1) is 27.0. The first kappa shape index (κ1) is 47.5. The average molecular weight is 959 g/mol. The molecule has 0 saturated heterocycles. The van der Waals surface area contributed by atoms with Crippen LogP contribution < -0.4 is 10.6 Å². The SMILES string of the molecule is O=[N+]([O-])c1cc(S(=O)(=O)C(F)(F)C(F)(F)C(F)(F)F)c(Cl)cc1Nc1ccc(-c2ccc(Nc3cc(Cl)c(S(=O)(=O)C(F)(F)C(F)(F)C(F)(F)F)cc3[N+](=O)[O-])cc2)cc1. The van der Waals surface area contributed by atoms with E-state index in [9.17, 15) is 98.5 Å². The predicted octanol–water partition coefficient (Wildman–Crippen LogP) is 11.1. The van der Waals surface area contributed by atoms with Crippen molar-refractivity contribution in [3.05, 3.63) is 103 Å². The van der Waals surface area contributed by atoms with E-state index in [1.807, 2.05) is 0 Å². The van der Waals surface area contributed by atoms with Gasteiger partial charge in [0.05, 0.1) is 29.7 Å². The van der Waals surface area contributed by atoms with E-state index in [2.05, 4.69) is 10.6 Å². The van der Waals surface area contributed by atoms with Gasteiger partial charge >= 0.3 is 34.7 Å². The number of hydrogen-bond acceptors (Lipinski definition) is 10. The largest absolute Gasteiger partial charge is 0.461 e. The van der Waals surface area contributed by atoms with E-state index < -0.39 is 107 Å². The fourth-order valence-electron chi connectivity index (χ4n) is 4.75. The van der Waals surface area contributed by atoms with Gasteiger partial charge in [0.15, 0.2) is 0 Å². The lowest BCUT2D eigenvalue weighted by Crippen LogP contribution is -2.55. The van der Waals surface area contributed by atoms with E-state index in [0.29, 0.717) is 23.3 Å². The second-order valence-electron chi connectivity index (χ2n) is 11.7. The molecule has 60 heavy (non-hydrogen) atoms. The summed E-state index contributed by atoms with van der Waals surface area (Å²) in [6, 6.07) is 10.0. The Labute approximate surface area is 333 Å². The summed E-state index contributed by atoms with van der Waals surface area (Å²) in [5, 5.41) is 11.4. The summed E-state index contributed by atoms with van der Waals surface area (Å²) >= 11 is 11.3. The summed E-state index contributed by atoms with van der Waals surface area (Å²) in [5.74, 6) is -14.3. The number of sulfone groups is 2. The van der Waals surface area contributed by atoms with Crippen molar-refractivity contribution in [1.29, 1.82) is 0 Å². The number of nitrogens with one attached hydrogen (secondary N) is 2. The van der Waals surface area contributed by atoms with Crippen LogP contribution in [0.2, 0.25) is 10.0 Å². The van der Waals surface area contributed by atoms with Crippen molar-refractivity contribution in [3.8, 4) is 11.1 Å². The predicted molar refractivity (Wildman–Crippen MR) is 181 cm³/mol. The van der Waals surface area contributed by atoms with Gasteiger partial charge in [0.2, 0.25) is 0 Å². The molecular formula is C30H14Cl2F14N4O8S2. The Hall–Kier alpha value is -5.22. The summed E-state index contributed by atoms with van der Waals surface area (Å²) in [6.45, 7) is 0. The number of halogens is 16. The van der Waals surface area contributed by atoms with E-state index in [0.717, 1.165) is 0 Å². The lowest BCUT2D eigenvalue weighted by molar-refractivity contribution is -0.384. The highest BCUT2D eigenvalue weighted by atomic mass is 35.5. The van der Waals surface area contributed by atoms with Crippen molar-refractivity contribution in [1.82, 2.24) is 0 Å². The van der Waals surface area contributed by atoms with Gasteiger partial charge in [-0.05, 0) is 47.5 Å². The molecule has 0 unspecified atom stereocenters. The summed E-state index contributed by atoms with van der Waals surface area (Å²) < 4.78 is 236. The summed E-state index contributed by atoms with van der Waals surface area (Å²) in [6.07, 6.45) is -14.2. The Kier molecular flexibility index (Phi) is 12.1. The van der Waals surface area contributed by atoms with Crippen LogP contribution in [0.5, 0.6) is 0 Å². The molecule has 0 aliphatic rings. The van der Waals surface area contributed by atoms with Crippen molar-refractivity contribution >= 4 is 77.0 Å². The molecule has 326 valence electrons. The standard InChI is InChI=1S/C30H14Cl2F14N4O8S2/c31-17-9-19(21(49(51)52)11-23(17)59(55,56)29(43,44)25(33,34)27(37,38)39)47-15-5-1-13(2-6-15)14-3-7-16(8-4-14)48-20-10-18(32)24(12-22(20)50(53)54)60(57,58)30(45,46)26(35,36)28(40,41)42/h1-12,47-48H. The lowest BCUT2D eigenvalue weighted by Gasteiger charge is -2.28. The fraction of sp³-hybridized carbons (Fsp3) is 0.200. The third-order valence-corrected chi connectivity index (χ3v) is 12.4. The molecule has 0 spiro atoms. The number of alkyl halides is 14. The van der Waals surface area contributed by atoms with Gasteiger partial charge in [-0.15, -0.1) is 0 Å². The number of hydrogen-bond donors (Lipinski definition) is 2. The summed E-state index contributed by atoms with van der Waals surface area (Å²) in [5.41, 5.74) is -3.91. The number of anilines is 4. The molecule has 4 rings (SSSR count). The van der Waals surface area contributed by atoms with E-state index in [1.165, 1.54) is 48.5 Å². The molecule has 0 aliphatic heterocycles. The maximum atomic E-state index is 14.2. The molecule has 0 aliphatic carbocycles. The van der Waals surface area contributed by atoms with Gasteiger partial charge in [-0.2, -0.15) is 61.5 Å². The van der Waals surface area contributed by atoms with Crippen LogP contribution in [0.3, 0.4) is 0 Å². The maximum Gasteiger partial charge on any atom is 0.461 e. The normalized spacial score (nSPS) is 13.5. The lowest BCUT2D eigenvalue weighted by atomic mass is 10.0. The van der Waals surface area contributed by atoms with Gasteiger partial charge in [0.25, 0.3) is 31.0 Å². The maximum absolute atomic E-state index is 14.2. The molecule has 2 N–H and O–H groups in total. The van der Waals surface area contributed by atoms with Gasteiger partial charge in [-0.3, -0.25) is 20.2 Å². The highest BCUT2D eigenvalue weighted by molar-refractivity contribution is 7.93. The summed E-state index contributed by atoms with van der Waals surface area (Å²) in [4.78, 5) is 16.3. The Morgan fingerprint density at radius 3 is 0.983 bits per heavy atom. The number of nitrogens with zero attached hydrogens (tertiary/aromatic N) is 2. The molecule has 12 nitrogen and oxygen atoms in total. The van der Waals surface area contributed by atoms with Crippen LogP contribution in [0, 0.1) is 20.2 Å². The van der Waals surface area contributed by atoms with E-state index >= 15 is 0 Å². The number of nitro groups is 2. The van der Waals surface area contributed by atoms with Crippen molar-refractivity contribution in [2.45, 2.75) is 44.5 Å². The van der Waals surface area contributed by atoms with Gasteiger partial charge < -0.3 is 10.6 Å². The molecule has 0 heterocycles. The van der Waals surface area contributed by atoms with Gasteiger partial charge in [0.1, 0.15) is 11.4 Å². The Morgan fingerprint density at radius 1 is 0.483 bits per heavy atom. The molecule has 4 aromatic carbocycles. The van der Waals surface area contributed by atoms with Crippen LogP contribution >= 0.6 is 23.2 Å². The second kappa shape index (κ2) is 15.4. The van der Waals surface area contributed by atoms with E-state index in [-0.39, 0.29) is 23.5 Å². The van der Waals surface area contributed by atoms with Crippen molar-refractivity contribution < 1.29 is 88.1 Å². The van der Waals surface area contributed by atoms with Crippen molar-refractivity contribution in [2.24, 2.45) is 0 Å². The van der Waals surface area contributed by atoms with Crippen molar-refractivity contribution in [3.63, 3.8) is 0 Å². The topological polar surface area (TPSA) is 179 Å². The highest BCUT2D eigenvalue weighted by Crippen LogP contribution is 2.54.